The van der Waals surface area contributed by atoms with Crippen LogP contribution in [0.25, 0.3) is 0 Å². The molecule has 2 fully saturated rings. The molecular formula is C20H36N2O2. The van der Waals surface area contributed by atoms with Crippen LogP contribution in [0.3, 0.4) is 0 Å². The lowest BCUT2D eigenvalue weighted by atomic mass is 9.49. The summed E-state index contributed by atoms with van der Waals surface area (Å²) < 4.78 is 5.87. The average Bonchev–Trinajstić information content (AvgIpc) is 2.93. The van der Waals surface area contributed by atoms with Crippen LogP contribution in [-0.4, -0.2) is 74.5 Å². The molecule has 0 aromatic heterocycles. The predicted molar refractivity (Wildman–Crippen MR) is 98.0 cm³/mol. The van der Waals surface area contributed by atoms with Crippen molar-refractivity contribution < 1.29 is 9.84 Å². The van der Waals surface area contributed by atoms with Gasteiger partial charge in [0.05, 0.1) is 19.3 Å². The zero-order valence-electron chi connectivity index (χ0n) is 16.0. The van der Waals surface area contributed by atoms with Gasteiger partial charge in [0.15, 0.2) is 0 Å². The van der Waals surface area contributed by atoms with E-state index in [4.69, 9.17) is 4.74 Å². The lowest BCUT2D eigenvalue weighted by molar-refractivity contribution is -0.0257. The molecule has 4 nitrogen and oxygen atoms in total. The fourth-order valence-corrected chi connectivity index (χ4v) is 5.05. The summed E-state index contributed by atoms with van der Waals surface area (Å²) in [6.07, 6.45) is 5.83. The van der Waals surface area contributed by atoms with Gasteiger partial charge in [0.1, 0.15) is 0 Å². The van der Waals surface area contributed by atoms with Crippen molar-refractivity contribution in [2.75, 3.05) is 53.5 Å². The molecule has 4 heteroatoms. The average molecular weight is 337 g/mol. The third-order valence-electron chi connectivity index (χ3n) is 6.62. The van der Waals surface area contributed by atoms with E-state index in [9.17, 15) is 5.11 Å². The van der Waals surface area contributed by atoms with Gasteiger partial charge in [-0.15, -0.1) is 0 Å². The zero-order chi connectivity index (χ0) is 17.3. The highest BCUT2D eigenvalue weighted by Gasteiger charge is 2.50. The zero-order valence-corrected chi connectivity index (χ0v) is 16.0. The van der Waals surface area contributed by atoms with E-state index in [1.165, 1.54) is 24.8 Å². The molecule has 0 radical (unpaired) electrons. The summed E-state index contributed by atoms with van der Waals surface area (Å²) in [4.78, 5) is 4.65. The van der Waals surface area contributed by atoms with Gasteiger partial charge in [-0.25, -0.2) is 0 Å². The van der Waals surface area contributed by atoms with Crippen LogP contribution >= 0.6 is 0 Å². The molecule has 4 aliphatic rings. The monoisotopic (exact) mass is 336 g/mol. The Labute approximate surface area is 147 Å². The van der Waals surface area contributed by atoms with E-state index in [0.29, 0.717) is 24.5 Å². The van der Waals surface area contributed by atoms with Gasteiger partial charge in [-0.05, 0) is 68.6 Å². The van der Waals surface area contributed by atoms with Crippen LogP contribution in [0.15, 0.2) is 11.6 Å². The number of fused-ring (bicyclic) bond motifs is 1. The standard InChI is InChI=1S/C20H36N2O2/c1-20(2)17-6-5-16(19(20)9-17)13-24-14-18(23)12-22-8-7-15(11-22)10-21(3)4/h5,15,17-19,23H,6-14H2,1-4H3/t15-,17+,18-,19-/m1/s1. The molecule has 1 heterocycles. The van der Waals surface area contributed by atoms with Crippen LogP contribution in [0, 0.1) is 23.2 Å². The predicted octanol–water partition coefficient (Wildman–Crippen LogP) is 2.24. The van der Waals surface area contributed by atoms with Crippen molar-refractivity contribution in [1.29, 1.82) is 0 Å². The van der Waals surface area contributed by atoms with Crippen LogP contribution in [0.1, 0.15) is 33.1 Å². The molecule has 1 N–H and O–H groups in total. The van der Waals surface area contributed by atoms with Crippen molar-refractivity contribution in [2.24, 2.45) is 23.2 Å². The number of β-amino-alcohol motifs (C(OH)–C–C–N with tert-alkyl or cyclic N) is 1. The van der Waals surface area contributed by atoms with Gasteiger partial charge < -0.3 is 19.6 Å². The lowest BCUT2D eigenvalue weighted by Crippen LogP contribution is -2.48. The molecule has 0 spiro atoms. The first-order valence-corrected chi connectivity index (χ1v) is 9.68. The van der Waals surface area contributed by atoms with E-state index in [-0.39, 0.29) is 6.10 Å². The van der Waals surface area contributed by atoms with E-state index in [0.717, 1.165) is 38.0 Å². The van der Waals surface area contributed by atoms with Crippen LogP contribution in [0.5, 0.6) is 0 Å². The van der Waals surface area contributed by atoms with Gasteiger partial charge in [0, 0.05) is 19.6 Å². The van der Waals surface area contributed by atoms with Gasteiger partial charge in [0.25, 0.3) is 0 Å². The van der Waals surface area contributed by atoms with Crippen LogP contribution in [-0.2, 0) is 4.74 Å². The van der Waals surface area contributed by atoms with Crippen molar-refractivity contribution in [1.82, 2.24) is 9.80 Å². The molecule has 1 saturated carbocycles. The first kappa shape index (κ1) is 18.4. The number of likely N-dealkylation sites (tertiary alicyclic amines) is 1. The third kappa shape index (κ3) is 4.04. The SMILES string of the molecule is CN(C)C[C@H]1CCN(C[C@@H](O)COCC2=CC[C@H]3C[C@H]2C3(C)C)C1. The molecule has 4 atom stereocenters. The minimum atomic E-state index is -0.366. The highest BCUT2D eigenvalue weighted by molar-refractivity contribution is 5.23. The van der Waals surface area contributed by atoms with E-state index < -0.39 is 0 Å². The summed E-state index contributed by atoms with van der Waals surface area (Å²) >= 11 is 0. The van der Waals surface area contributed by atoms with Crippen LogP contribution < -0.4 is 0 Å². The fourth-order valence-electron chi connectivity index (χ4n) is 5.05. The number of nitrogens with zero attached hydrogens (tertiary/aromatic N) is 2. The molecule has 0 aromatic carbocycles. The van der Waals surface area contributed by atoms with Gasteiger partial charge in [0.2, 0.25) is 0 Å². The number of hydrogen-bond donors (Lipinski definition) is 1. The summed E-state index contributed by atoms with van der Waals surface area (Å²) in [5.74, 6) is 2.33. The number of rotatable bonds is 8. The smallest absolute Gasteiger partial charge is 0.0900 e. The maximum atomic E-state index is 10.3. The van der Waals surface area contributed by atoms with Gasteiger partial charge in [-0.1, -0.05) is 19.9 Å². The first-order valence-electron chi connectivity index (χ1n) is 9.68. The maximum Gasteiger partial charge on any atom is 0.0900 e. The second kappa shape index (κ2) is 7.45. The van der Waals surface area contributed by atoms with Gasteiger partial charge in [-0.3, -0.25) is 0 Å². The maximum absolute atomic E-state index is 10.3. The topological polar surface area (TPSA) is 35.9 Å². The Bertz CT molecular complexity index is 461. The van der Waals surface area contributed by atoms with Crippen molar-refractivity contribution in [2.45, 2.75) is 39.2 Å². The second-order valence-electron chi connectivity index (χ2n) is 9.17. The summed E-state index contributed by atoms with van der Waals surface area (Å²) in [6.45, 7) is 10.1. The quantitative estimate of drug-likeness (QED) is 0.690. The number of aliphatic hydroxyl groups is 1. The fraction of sp³-hybridized carbons (Fsp3) is 0.900. The summed E-state index contributed by atoms with van der Waals surface area (Å²) in [5.41, 5.74) is 1.94. The lowest BCUT2D eigenvalue weighted by Gasteiger charge is -2.56. The van der Waals surface area contributed by atoms with E-state index >= 15 is 0 Å². The molecule has 2 bridgehead atoms. The van der Waals surface area contributed by atoms with Crippen LogP contribution in [0.4, 0.5) is 0 Å². The Morgan fingerprint density at radius 2 is 2.21 bits per heavy atom. The highest BCUT2D eigenvalue weighted by Crippen LogP contribution is 2.59. The summed E-state index contributed by atoms with van der Waals surface area (Å²) in [6, 6.07) is 0. The van der Waals surface area contributed by atoms with Crippen molar-refractivity contribution >= 4 is 0 Å². The summed E-state index contributed by atoms with van der Waals surface area (Å²) in [7, 11) is 4.27. The Balaban J connectivity index is 1.34. The minimum absolute atomic E-state index is 0.366. The Morgan fingerprint density at radius 3 is 2.88 bits per heavy atom. The van der Waals surface area contributed by atoms with Gasteiger partial charge in [-0.2, -0.15) is 0 Å². The molecule has 3 aliphatic carbocycles. The summed E-state index contributed by atoms with van der Waals surface area (Å²) in [5, 5.41) is 10.3. The van der Waals surface area contributed by atoms with Crippen LogP contribution in [0.2, 0.25) is 0 Å². The highest BCUT2D eigenvalue weighted by atomic mass is 16.5. The molecule has 24 heavy (non-hydrogen) atoms. The van der Waals surface area contributed by atoms with E-state index in [2.05, 4.69) is 43.8 Å². The normalized spacial score (nSPS) is 33.4. The molecule has 1 saturated heterocycles. The van der Waals surface area contributed by atoms with Crippen molar-refractivity contribution in [3.05, 3.63) is 11.6 Å². The molecule has 138 valence electrons. The van der Waals surface area contributed by atoms with E-state index in [1.54, 1.807) is 0 Å². The molecule has 0 unspecified atom stereocenters. The van der Waals surface area contributed by atoms with E-state index in [1.807, 2.05) is 0 Å². The van der Waals surface area contributed by atoms with Crippen molar-refractivity contribution in [3.63, 3.8) is 0 Å². The van der Waals surface area contributed by atoms with Gasteiger partial charge >= 0.3 is 0 Å². The number of hydrogen-bond acceptors (Lipinski definition) is 4. The molecule has 0 aromatic rings. The number of ether oxygens (including phenoxy) is 1. The number of allylic oxidation sites excluding steroid dienone is 1. The Hall–Kier alpha value is -0.420. The second-order valence-corrected chi connectivity index (χ2v) is 9.17. The third-order valence-corrected chi connectivity index (χ3v) is 6.62. The Kier molecular flexibility index (Phi) is 5.70. The molecular weight excluding hydrogens is 300 g/mol. The molecule has 4 rings (SSSR count). The molecule has 0 amide bonds. The number of aliphatic hydroxyl groups excluding tert-OH is 1. The van der Waals surface area contributed by atoms with Crippen molar-refractivity contribution in [3.8, 4) is 0 Å². The molecule has 1 aliphatic heterocycles. The Morgan fingerprint density at radius 1 is 1.42 bits per heavy atom. The minimum Gasteiger partial charge on any atom is -0.389 e. The largest absolute Gasteiger partial charge is 0.389 e. The first-order chi connectivity index (χ1) is 11.4.